The molecule has 0 saturated carbocycles. The monoisotopic (exact) mass is 406 g/mol. The minimum Gasteiger partial charge on any atom is -0.484 e. The van der Waals surface area contributed by atoms with E-state index in [0.29, 0.717) is 33.5 Å². The van der Waals surface area contributed by atoms with Gasteiger partial charge in [0.1, 0.15) is 11.3 Å². The number of benzene rings is 3. The molecule has 1 aromatic heterocycles. The molecule has 0 fully saturated rings. The standard InChI is InChI=1S/C23H19ClN2O3/c1-14-9-15(2)11-17(10-14)28-13-22(27)25-16-7-8-19(24)18(12-16)23-26-20-5-3-4-6-21(20)29-23/h3-12H,13H2,1-2H3,(H,25,27). The van der Waals surface area contributed by atoms with Crippen molar-refractivity contribution in [3.63, 3.8) is 0 Å². The number of nitrogens with zero attached hydrogens (tertiary/aromatic N) is 1. The van der Waals surface area contributed by atoms with E-state index in [1.165, 1.54) is 0 Å². The number of fused-ring (bicyclic) bond motifs is 1. The van der Waals surface area contributed by atoms with Gasteiger partial charge in [0.05, 0.1) is 10.6 Å². The first-order valence-electron chi connectivity index (χ1n) is 9.14. The quantitative estimate of drug-likeness (QED) is 0.456. The van der Waals surface area contributed by atoms with E-state index in [4.69, 9.17) is 20.8 Å². The van der Waals surface area contributed by atoms with Gasteiger partial charge in [-0.2, -0.15) is 0 Å². The maximum atomic E-state index is 12.3. The van der Waals surface area contributed by atoms with E-state index in [9.17, 15) is 4.79 Å². The fraction of sp³-hybridized carbons (Fsp3) is 0.130. The molecule has 0 aliphatic heterocycles. The molecule has 0 radical (unpaired) electrons. The smallest absolute Gasteiger partial charge is 0.262 e. The van der Waals surface area contributed by atoms with E-state index >= 15 is 0 Å². The molecule has 0 saturated heterocycles. The maximum absolute atomic E-state index is 12.3. The van der Waals surface area contributed by atoms with Crippen LogP contribution in [0, 0.1) is 13.8 Å². The summed E-state index contributed by atoms with van der Waals surface area (Å²) in [5, 5.41) is 3.31. The number of anilines is 1. The minimum atomic E-state index is -0.269. The van der Waals surface area contributed by atoms with E-state index in [-0.39, 0.29) is 12.5 Å². The Balaban J connectivity index is 1.49. The van der Waals surface area contributed by atoms with Crippen LogP contribution in [-0.4, -0.2) is 17.5 Å². The summed E-state index contributed by atoms with van der Waals surface area (Å²) < 4.78 is 11.4. The van der Waals surface area contributed by atoms with Crippen LogP contribution >= 0.6 is 11.6 Å². The molecule has 4 aromatic rings. The van der Waals surface area contributed by atoms with Gasteiger partial charge in [0, 0.05) is 5.69 Å². The number of carbonyl (C=O) groups is 1. The molecule has 146 valence electrons. The second-order valence-electron chi connectivity index (χ2n) is 6.84. The molecule has 6 heteroatoms. The van der Waals surface area contributed by atoms with Crippen LogP contribution in [0.4, 0.5) is 5.69 Å². The first-order valence-corrected chi connectivity index (χ1v) is 9.52. The number of aryl methyl sites for hydroxylation is 2. The van der Waals surface area contributed by atoms with Gasteiger partial charge in [-0.25, -0.2) is 4.98 Å². The van der Waals surface area contributed by atoms with Crippen molar-refractivity contribution in [2.75, 3.05) is 11.9 Å². The zero-order valence-corrected chi connectivity index (χ0v) is 16.8. The highest BCUT2D eigenvalue weighted by atomic mass is 35.5. The number of ether oxygens (including phenoxy) is 1. The van der Waals surface area contributed by atoms with Crippen LogP contribution in [-0.2, 0) is 4.79 Å². The van der Waals surface area contributed by atoms with Crippen molar-refractivity contribution in [3.05, 3.63) is 76.8 Å². The average Bonchev–Trinajstić information content (AvgIpc) is 3.11. The number of amides is 1. The number of rotatable bonds is 5. The van der Waals surface area contributed by atoms with E-state index < -0.39 is 0 Å². The summed E-state index contributed by atoms with van der Waals surface area (Å²) in [5.74, 6) is 0.801. The molecule has 5 nitrogen and oxygen atoms in total. The van der Waals surface area contributed by atoms with Crippen LogP contribution < -0.4 is 10.1 Å². The summed E-state index contributed by atoms with van der Waals surface area (Å²) in [5.41, 5.74) is 4.78. The summed E-state index contributed by atoms with van der Waals surface area (Å²) >= 11 is 6.33. The lowest BCUT2D eigenvalue weighted by atomic mass is 10.1. The number of hydrogen-bond acceptors (Lipinski definition) is 4. The molecule has 29 heavy (non-hydrogen) atoms. The third-order valence-corrected chi connectivity index (χ3v) is 4.67. The predicted molar refractivity (Wildman–Crippen MR) is 114 cm³/mol. The highest BCUT2D eigenvalue weighted by Crippen LogP contribution is 2.32. The van der Waals surface area contributed by atoms with E-state index in [1.54, 1.807) is 18.2 Å². The molecular weight excluding hydrogens is 388 g/mol. The molecule has 4 rings (SSSR count). The Bertz CT molecular complexity index is 1150. The third kappa shape index (κ3) is 4.41. The highest BCUT2D eigenvalue weighted by Gasteiger charge is 2.13. The second kappa shape index (κ2) is 7.97. The van der Waals surface area contributed by atoms with Crippen LogP contribution in [0.2, 0.25) is 5.02 Å². The molecule has 0 atom stereocenters. The number of halogens is 1. The third-order valence-electron chi connectivity index (χ3n) is 4.34. The van der Waals surface area contributed by atoms with Crippen LogP contribution in [0.25, 0.3) is 22.6 Å². The van der Waals surface area contributed by atoms with Gasteiger partial charge in [0.25, 0.3) is 5.91 Å². The first kappa shape index (κ1) is 19.0. The topological polar surface area (TPSA) is 64.4 Å². The van der Waals surface area contributed by atoms with Crippen LogP contribution in [0.3, 0.4) is 0 Å². The molecule has 0 aliphatic rings. The number of para-hydroxylation sites is 2. The Labute approximate surface area is 173 Å². The van der Waals surface area contributed by atoms with Crippen molar-refractivity contribution in [1.82, 2.24) is 4.98 Å². The van der Waals surface area contributed by atoms with Crippen LogP contribution in [0.5, 0.6) is 5.75 Å². The maximum Gasteiger partial charge on any atom is 0.262 e. The Morgan fingerprint density at radius 2 is 1.83 bits per heavy atom. The van der Waals surface area contributed by atoms with E-state index in [1.807, 2.05) is 56.3 Å². The molecule has 0 spiro atoms. The molecule has 1 amide bonds. The van der Waals surface area contributed by atoms with Gasteiger partial charge < -0.3 is 14.5 Å². The van der Waals surface area contributed by atoms with Gasteiger partial charge in [-0.3, -0.25) is 4.79 Å². The van der Waals surface area contributed by atoms with Crippen molar-refractivity contribution >= 4 is 34.3 Å². The number of hydrogen-bond donors (Lipinski definition) is 1. The summed E-state index contributed by atoms with van der Waals surface area (Å²) in [7, 11) is 0. The first-order chi connectivity index (χ1) is 14.0. The number of nitrogens with one attached hydrogen (secondary N) is 1. The van der Waals surface area contributed by atoms with Gasteiger partial charge in [-0.05, 0) is 67.4 Å². The van der Waals surface area contributed by atoms with Crippen molar-refractivity contribution in [2.45, 2.75) is 13.8 Å². The number of aromatic nitrogens is 1. The molecular formula is C23H19ClN2O3. The van der Waals surface area contributed by atoms with Crippen LogP contribution in [0.15, 0.2) is 65.1 Å². The lowest BCUT2D eigenvalue weighted by Crippen LogP contribution is -2.20. The summed E-state index contributed by atoms with van der Waals surface area (Å²) in [4.78, 5) is 16.8. The van der Waals surface area contributed by atoms with Crippen LogP contribution in [0.1, 0.15) is 11.1 Å². The van der Waals surface area contributed by atoms with Gasteiger partial charge in [-0.1, -0.05) is 29.8 Å². The fourth-order valence-electron chi connectivity index (χ4n) is 3.12. The summed E-state index contributed by atoms with van der Waals surface area (Å²) in [6.45, 7) is 3.88. The lowest BCUT2D eigenvalue weighted by molar-refractivity contribution is -0.118. The summed E-state index contributed by atoms with van der Waals surface area (Å²) in [6, 6.07) is 18.5. The SMILES string of the molecule is Cc1cc(C)cc(OCC(=O)Nc2ccc(Cl)c(-c3nc4ccccc4o3)c2)c1. The normalized spacial score (nSPS) is 10.9. The van der Waals surface area contributed by atoms with Gasteiger partial charge in [0.15, 0.2) is 12.2 Å². The Hall–Kier alpha value is -3.31. The fourth-order valence-corrected chi connectivity index (χ4v) is 3.31. The zero-order valence-electron chi connectivity index (χ0n) is 16.0. The van der Waals surface area contributed by atoms with E-state index in [0.717, 1.165) is 16.6 Å². The largest absolute Gasteiger partial charge is 0.484 e. The van der Waals surface area contributed by atoms with Crippen molar-refractivity contribution in [3.8, 4) is 17.2 Å². The summed E-state index contributed by atoms with van der Waals surface area (Å²) in [6.07, 6.45) is 0. The number of carbonyl (C=O) groups excluding carboxylic acids is 1. The van der Waals surface area contributed by atoms with Crippen molar-refractivity contribution in [1.29, 1.82) is 0 Å². The van der Waals surface area contributed by atoms with Gasteiger partial charge in [-0.15, -0.1) is 0 Å². The van der Waals surface area contributed by atoms with Crippen molar-refractivity contribution < 1.29 is 13.9 Å². The molecule has 3 aromatic carbocycles. The lowest BCUT2D eigenvalue weighted by Gasteiger charge is -2.10. The molecule has 0 unspecified atom stereocenters. The number of oxazole rings is 1. The molecule has 1 heterocycles. The minimum absolute atomic E-state index is 0.0935. The van der Waals surface area contributed by atoms with E-state index in [2.05, 4.69) is 10.3 Å². The second-order valence-corrected chi connectivity index (χ2v) is 7.25. The Morgan fingerprint density at radius 1 is 1.07 bits per heavy atom. The van der Waals surface area contributed by atoms with Gasteiger partial charge in [0.2, 0.25) is 5.89 Å². The molecule has 0 aliphatic carbocycles. The van der Waals surface area contributed by atoms with Gasteiger partial charge >= 0.3 is 0 Å². The zero-order chi connectivity index (χ0) is 20.4. The Kier molecular flexibility index (Phi) is 5.23. The molecule has 0 bridgehead atoms. The average molecular weight is 407 g/mol. The highest BCUT2D eigenvalue weighted by molar-refractivity contribution is 6.33. The molecule has 1 N–H and O–H groups in total. The Morgan fingerprint density at radius 3 is 2.59 bits per heavy atom. The predicted octanol–water partition coefficient (Wildman–Crippen LogP) is 5.78. The van der Waals surface area contributed by atoms with Crippen molar-refractivity contribution in [2.24, 2.45) is 0 Å².